The van der Waals surface area contributed by atoms with Crippen LogP contribution < -0.4 is 0 Å². The van der Waals surface area contributed by atoms with Crippen molar-refractivity contribution in [2.75, 3.05) is 0 Å². The predicted octanol–water partition coefficient (Wildman–Crippen LogP) is 6.62. The molecule has 2 saturated carbocycles. The molecule has 1 aromatic carbocycles. The Hall–Kier alpha value is -1.63. The Labute approximate surface area is 154 Å². The molecule has 136 valence electrons. The van der Waals surface area contributed by atoms with Gasteiger partial charge in [0.1, 0.15) is 0 Å². The van der Waals surface area contributed by atoms with Crippen LogP contribution in [0.5, 0.6) is 0 Å². The second kappa shape index (κ2) is 6.59. The molecule has 0 bridgehead atoms. The predicted molar refractivity (Wildman–Crippen MR) is 108 cm³/mol. The fraction of sp³-hybridized carbons (Fsp3) is 0.542. The Kier molecular flexibility index (Phi) is 5.19. The highest BCUT2D eigenvalue weighted by atomic mass is 16.1. The quantitative estimate of drug-likeness (QED) is 0.447. The van der Waals surface area contributed by atoms with E-state index in [0.717, 1.165) is 24.0 Å². The number of aryl methyl sites for hydroxylation is 1. The van der Waals surface area contributed by atoms with Crippen molar-refractivity contribution < 1.29 is 4.79 Å². The summed E-state index contributed by atoms with van der Waals surface area (Å²) < 4.78 is 0. The van der Waals surface area contributed by atoms with E-state index in [1.165, 1.54) is 5.56 Å². The van der Waals surface area contributed by atoms with E-state index in [2.05, 4.69) is 85.4 Å². The van der Waals surface area contributed by atoms with Crippen molar-refractivity contribution in [2.24, 2.45) is 22.2 Å². The second-order valence-electron chi connectivity index (χ2n) is 8.33. The Morgan fingerprint density at radius 3 is 2.04 bits per heavy atom. The van der Waals surface area contributed by atoms with Crippen LogP contribution >= 0.6 is 0 Å². The normalized spacial score (nSPS) is 33.5. The van der Waals surface area contributed by atoms with E-state index in [4.69, 9.17) is 0 Å². The molecular formula is C24H34O. The van der Waals surface area contributed by atoms with Gasteiger partial charge in [-0.25, -0.2) is 0 Å². The van der Waals surface area contributed by atoms with E-state index in [1.54, 1.807) is 0 Å². The molecule has 0 spiro atoms. The number of benzene rings is 1. The first-order chi connectivity index (χ1) is 11.7. The van der Waals surface area contributed by atoms with E-state index in [1.807, 2.05) is 6.08 Å². The summed E-state index contributed by atoms with van der Waals surface area (Å²) in [5.74, 6) is 0.721. The summed E-state index contributed by atoms with van der Waals surface area (Å²) in [4.78, 5) is 13.1. The Morgan fingerprint density at radius 2 is 1.64 bits per heavy atom. The van der Waals surface area contributed by atoms with E-state index >= 15 is 0 Å². The molecular weight excluding hydrogens is 304 g/mol. The van der Waals surface area contributed by atoms with Crippen LogP contribution in [0, 0.1) is 29.1 Å². The van der Waals surface area contributed by atoms with Gasteiger partial charge in [0, 0.05) is 5.41 Å². The van der Waals surface area contributed by atoms with Crippen molar-refractivity contribution in [2.45, 2.75) is 61.3 Å². The minimum Gasteiger partial charge on any atom is -0.294 e. The maximum Gasteiger partial charge on any atom is 0.166 e. The zero-order valence-corrected chi connectivity index (χ0v) is 17.1. The lowest BCUT2D eigenvalue weighted by atomic mass is 9.78. The zero-order valence-electron chi connectivity index (χ0n) is 17.1. The summed E-state index contributed by atoms with van der Waals surface area (Å²) in [5, 5.41) is 0. The van der Waals surface area contributed by atoms with E-state index in [9.17, 15) is 4.79 Å². The van der Waals surface area contributed by atoms with E-state index in [-0.39, 0.29) is 16.2 Å². The molecule has 0 aromatic heterocycles. The average molecular weight is 339 g/mol. The largest absolute Gasteiger partial charge is 0.294 e. The summed E-state index contributed by atoms with van der Waals surface area (Å²) in [6.45, 7) is 18.9. The van der Waals surface area contributed by atoms with Gasteiger partial charge in [0.25, 0.3) is 0 Å². The molecule has 3 rings (SSSR count). The molecule has 1 nitrogen and oxygen atoms in total. The van der Waals surface area contributed by atoms with Crippen LogP contribution in [0.25, 0.3) is 6.08 Å². The first-order valence-corrected chi connectivity index (χ1v) is 9.59. The third-order valence-corrected chi connectivity index (χ3v) is 7.36. The van der Waals surface area contributed by atoms with Gasteiger partial charge in [0.15, 0.2) is 5.78 Å². The third-order valence-electron chi connectivity index (χ3n) is 7.36. The molecule has 2 aliphatic carbocycles. The van der Waals surface area contributed by atoms with Crippen LogP contribution in [0.3, 0.4) is 0 Å². The molecule has 0 N–H and O–H groups in total. The molecule has 1 aromatic rings. The highest BCUT2D eigenvalue weighted by Gasteiger charge is 2.87. The second-order valence-corrected chi connectivity index (χ2v) is 8.33. The van der Waals surface area contributed by atoms with Gasteiger partial charge in [-0.1, -0.05) is 77.4 Å². The average Bonchev–Trinajstić information content (AvgIpc) is 2.93. The van der Waals surface area contributed by atoms with Crippen molar-refractivity contribution in [3.63, 3.8) is 0 Å². The molecule has 0 radical (unpaired) electrons. The van der Waals surface area contributed by atoms with E-state index < -0.39 is 0 Å². The van der Waals surface area contributed by atoms with Crippen molar-refractivity contribution >= 4 is 11.9 Å². The molecule has 1 heteroatoms. The Bertz CT molecular complexity index is 691. The number of rotatable bonds is 3. The van der Waals surface area contributed by atoms with Gasteiger partial charge in [-0.05, 0) is 53.7 Å². The van der Waals surface area contributed by atoms with Crippen molar-refractivity contribution in [3.8, 4) is 0 Å². The molecule has 3 unspecified atom stereocenters. The zero-order chi connectivity index (χ0) is 19.0. The number of allylic oxidation sites excluding steroid dienone is 2. The molecule has 3 atom stereocenters. The van der Waals surface area contributed by atoms with Crippen LogP contribution in [-0.2, 0) is 4.79 Å². The highest BCUT2D eigenvalue weighted by Crippen LogP contribution is 2.87. The lowest BCUT2D eigenvalue weighted by Crippen LogP contribution is -2.21. The van der Waals surface area contributed by atoms with Crippen LogP contribution in [0.1, 0.15) is 65.5 Å². The summed E-state index contributed by atoms with van der Waals surface area (Å²) in [5.41, 5.74) is 3.52. The smallest absolute Gasteiger partial charge is 0.166 e. The van der Waals surface area contributed by atoms with Crippen LogP contribution in [-0.4, -0.2) is 5.78 Å². The summed E-state index contributed by atoms with van der Waals surface area (Å²) in [6, 6.07) is 8.44. The standard InChI is InChI=1S/C20H26O.C4H8/c1-7-20-14(3)16(12-15-10-8-13(2)9-11-15)17(21)19(20,6)18(20,4)5;1-3-4-2/h8-12,14H,7H2,1-6H3;3H,1,4H2,2H3/b16-12-;. The minimum absolute atomic E-state index is 0.121. The Morgan fingerprint density at radius 1 is 1.12 bits per heavy atom. The number of hydrogen-bond acceptors (Lipinski definition) is 1. The van der Waals surface area contributed by atoms with Crippen molar-refractivity contribution in [1.29, 1.82) is 0 Å². The van der Waals surface area contributed by atoms with Crippen molar-refractivity contribution in [3.05, 3.63) is 53.6 Å². The van der Waals surface area contributed by atoms with Gasteiger partial charge < -0.3 is 0 Å². The van der Waals surface area contributed by atoms with Crippen molar-refractivity contribution in [1.82, 2.24) is 0 Å². The molecule has 0 heterocycles. The number of carbonyl (C=O) groups is 1. The van der Waals surface area contributed by atoms with Crippen LogP contribution in [0.15, 0.2) is 42.5 Å². The van der Waals surface area contributed by atoms with Gasteiger partial charge >= 0.3 is 0 Å². The number of carbonyl (C=O) groups excluding carboxylic acids is 1. The monoisotopic (exact) mass is 338 g/mol. The number of ketones is 1. The van der Waals surface area contributed by atoms with Gasteiger partial charge in [0.2, 0.25) is 0 Å². The fourth-order valence-corrected chi connectivity index (χ4v) is 5.58. The lowest BCUT2D eigenvalue weighted by Gasteiger charge is -2.25. The van der Waals surface area contributed by atoms with Gasteiger partial charge in [-0.2, -0.15) is 0 Å². The molecule has 0 aliphatic heterocycles. The first kappa shape index (κ1) is 19.7. The van der Waals surface area contributed by atoms with Gasteiger partial charge in [-0.15, -0.1) is 6.58 Å². The van der Waals surface area contributed by atoms with Crippen LogP contribution in [0.2, 0.25) is 0 Å². The highest BCUT2D eigenvalue weighted by molar-refractivity contribution is 6.10. The fourth-order valence-electron chi connectivity index (χ4n) is 5.58. The maximum absolute atomic E-state index is 13.1. The topological polar surface area (TPSA) is 17.1 Å². The molecule has 25 heavy (non-hydrogen) atoms. The van der Waals surface area contributed by atoms with Crippen LogP contribution in [0.4, 0.5) is 0 Å². The maximum atomic E-state index is 13.1. The summed E-state index contributed by atoms with van der Waals surface area (Å²) >= 11 is 0. The third kappa shape index (κ3) is 2.46. The SMILES string of the molecule is C=CCC.CCC12C(C)/C(=C/c3ccc(C)cc3)C(=O)C1(C)C2(C)C. The number of hydrogen-bond donors (Lipinski definition) is 0. The van der Waals surface area contributed by atoms with Gasteiger partial charge in [-0.3, -0.25) is 4.79 Å². The molecule has 2 fully saturated rings. The lowest BCUT2D eigenvalue weighted by molar-refractivity contribution is -0.120. The minimum atomic E-state index is -0.176. The summed E-state index contributed by atoms with van der Waals surface area (Å²) in [6.07, 6.45) is 6.16. The molecule has 2 aliphatic rings. The van der Waals surface area contributed by atoms with Gasteiger partial charge in [0.05, 0.1) is 0 Å². The first-order valence-electron chi connectivity index (χ1n) is 9.59. The number of fused-ring (bicyclic) bond motifs is 1. The summed E-state index contributed by atoms with van der Waals surface area (Å²) in [7, 11) is 0. The Balaban J connectivity index is 0.000000511. The molecule has 0 saturated heterocycles. The van der Waals surface area contributed by atoms with E-state index in [0.29, 0.717) is 11.7 Å². The molecule has 0 amide bonds. The number of Topliss-reactive ketones (excluding diaryl/α,β-unsaturated/α-hetero) is 1.